The minimum atomic E-state index is 0.371. The largest absolute Gasteiger partial charge is 0.496 e. The summed E-state index contributed by atoms with van der Waals surface area (Å²) >= 11 is 0. The first-order valence-electron chi connectivity index (χ1n) is 6.90. The summed E-state index contributed by atoms with van der Waals surface area (Å²) in [7, 11) is 3.27. The SMILES string of the molecule is CCc1ccc(OCc2cc(N)ccc2OC)c(OC)c1. The Morgan fingerprint density at radius 3 is 2.29 bits per heavy atom. The number of aryl methyl sites for hydroxylation is 1. The lowest BCUT2D eigenvalue weighted by Gasteiger charge is -2.14. The zero-order valence-electron chi connectivity index (χ0n) is 12.7. The van der Waals surface area contributed by atoms with E-state index in [0.29, 0.717) is 18.0 Å². The number of hydrogen-bond donors (Lipinski definition) is 1. The van der Waals surface area contributed by atoms with Gasteiger partial charge in [0.15, 0.2) is 11.5 Å². The lowest BCUT2D eigenvalue weighted by molar-refractivity contribution is 0.278. The topological polar surface area (TPSA) is 53.7 Å². The smallest absolute Gasteiger partial charge is 0.161 e. The summed E-state index contributed by atoms with van der Waals surface area (Å²) in [6, 6.07) is 11.5. The maximum atomic E-state index is 5.85. The Balaban J connectivity index is 2.18. The number of nitrogens with two attached hydrogens (primary N) is 1. The van der Waals surface area contributed by atoms with Gasteiger partial charge in [0.25, 0.3) is 0 Å². The van der Waals surface area contributed by atoms with Gasteiger partial charge in [0.05, 0.1) is 14.2 Å². The average Bonchev–Trinajstić information content (AvgIpc) is 2.52. The van der Waals surface area contributed by atoms with E-state index in [9.17, 15) is 0 Å². The second-order valence-corrected chi connectivity index (χ2v) is 4.70. The maximum Gasteiger partial charge on any atom is 0.161 e. The zero-order chi connectivity index (χ0) is 15.2. The van der Waals surface area contributed by atoms with Crippen LogP contribution in [0.3, 0.4) is 0 Å². The standard InChI is InChI=1S/C17H21NO3/c1-4-12-5-7-16(17(9-12)20-3)21-11-13-10-14(18)6-8-15(13)19-2/h5-10H,4,11,18H2,1-3H3. The van der Waals surface area contributed by atoms with E-state index in [1.165, 1.54) is 5.56 Å². The number of ether oxygens (including phenoxy) is 3. The van der Waals surface area contributed by atoms with Gasteiger partial charge in [-0.3, -0.25) is 0 Å². The number of hydrogen-bond acceptors (Lipinski definition) is 4. The fraction of sp³-hybridized carbons (Fsp3) is 0.294. The minimum Gasteiger partial charge on any atom is -0.496 e. The first kappa shape index (κ1) is 15.0. The van der Waals surface area contributed by atoms with Crippen LogP contribution in [0.5, 0.6) is 17.2 Å². The van der Waals surface area contributed by atoms with Gasteiger partial charge in [0, 0.05) is 11.3 Å². The molecule has 2 aromatic rings. The molecule has 2 aromatic carbocycles. The normalized spacial score (nSPS) is 10.2. The van der Waals surface area contributed by atoms with Gasteiger partial charge >= 0.3 is 0 Å². The summed E-state index contributed by atoms with van der Waals surface area (Å²) in [5, 5.41) is 0. The number of benzene rings is 2. The highest BCUT2D eigenvalue weighted by atomic mass is 16.5. The predicted molar refractivity (Wildman–Crippen MR) is 84.1 cm³/mol. The van der Waals surface area contributed by atoms with Gasteiger partial charge in [0.1, 0.15) is 12.4 Å². The first-order valence-corrected chi connectivity index (χ1v) is 6.90. The van der Waals surface area contributed by atoms with Crippen molar-refractivity contribution in [3.63, 3.8) is 0 Å². The number of rotatable bonds is 6. The summed E-state index contributed by atoms with van der Waals surface area (Å²) < 4.78 is 16.5. The highest BCUT2D eigenvalue weighted by Gasteiger charge is 2.08. The van der Waals surface area contributed by atoms with Crippen LogP contribution in [0.1, 0.15) is 18.1 Å². The molecule has 0 aromatic heterocycles. The molecule has 21 heavy (non-hydrogen) atoms. The summed E-state index contributed by atoms with van der Waals surface area (Å²) in [5.41, 5.74) is 8.60. The molecule has 112 valence electrons. The quantitative estimate of drug-likeness (QED) is 0.827. The molecule has 0 unspecified atom stereocenters. The highest BCUT2D eigenvalue weighted by molar-refractivity contribution is 5.48. The summed E-state index contributed by atoms with van der Waals surface area (Å²) in [5.74, 6) is 2.20. The van der Waals surface area contributed by atoms with Gasteiger partial charge in [-0.05, 0) is 42.3 Å². The number of nitrogen functional groups attached to an aromatic ring is 1. The van der Waals surface area contributed by atoms with Gasteiger partial charge < -0.3 is 19.9 Å². The van der Waals surface area contributed by atoms with Crippen molar-refractivity contribution < 1.29 is 14.2 Å². The van der Waals surface area contributed by atoms with Crippen LogP contribution < -0.4 is 19.9 Å². The van der Waals surface area contributed by atoms with Crippen LogP contribution in [0.25, 0.3) is 0 Å². The average molecular weight is 287 g/mol. The van der Waals surface area contributed by atoms with Crippen LogP contribution in [0.15, 0.2) is 36.4 Å². The molecule has 4 heteroatoms. The van der Waals surface area contributed by atoms with Crippen molar-refractivity contribution >= 4 is 5.69 Å². The second kappa shape index (κ2) is 6.88. The summed E-state index contributed by atoms with van der Waals surface area (Å²) in [4.78, 5) is 0. The number of methoxy groups -OCH3 is 2. The molecule has 0 saturated carbocycles. The van der Waals surface area contributed by atoms with Crippen molar-refractivity contribution in [2.75, 3.05) is 20.0 Å². The monoisotopic (exact) mass is 287 g/mol. The fourth-order valence-corrected chi connectivity index (χ4v) is 2.12. The molecule has 0 heterocycles. The van der Waals surface area contributed by atoms with Gasteiger partial charge in [-0.15, -0.1) is 0 Å². The fourth-order valence-electron chi connectivity index (χ4n) is 2.12. The number of anilines is 1. The van der Waals surface area contributed by atoms with E-state index < -0.39 is 0 Å². The van der Waals surface area contributed by atoms with Gasteiger partial charge in [0.2, 0.25) is 0 Å². The molecular formula is C17H21NO3. The van der Waals surface area contributed by atoms with E-state index in [-0.39, 0.29) is 0 Å². The van der Waals surface area contributed by atoms with E-state index in [0.717, 1.165) is 23.5 Å². The molecule has 0 atom stereocenters. The van der Waals surface area contributed by atoms with Crippen molar-refractivity contribution in [1.82, 2.24) is 0 Å². The Labute approximate surface area is 125 Å². The van der Waals surface area contributed by atoms with E-state index in [1.807, 2.05) is 30.3 Å². The van der Waals surface area contributed by atoms with Crippen molar-refractivity contribution in [1.29, 1.82) is 0 Å². The molecule has 0 aliphatic carbocycles. The lowest BCUT2D eigenvalue weighted by atomic mass is 10.1. The van der Waals surface area contributed by atoms with Crippen LogP contribution >= 0.6 is 0 Å². The Morgan fingerprint density at radius 2 is 1.62 bits per heavy atom. The van der Waals surface area contributed by atoms with Gasteiger partial charge in [-0.1, -0.05) is 13.0 Å². The van der Waals surface area contributed by atoms with Crippen LogP contribution in [0, 0.1) is 0 Å². The third-order valence-electron chi connectivity index (χ3n) is 3.32. The summed E-state index contributed by atoms with van der Waals surface area (Å²) in [6.07, 6.45) is 0.958. The zero-order valence-corrected chi connectivity index (χ0v) is 12.7. The molecule has 0 fully saturated rings. The predicted octanol–water partition coefficient (Wildman–Crippen LogP) is 3.43. The Kier molecular flexibility index (Phi) is 4.93. The first-order chi connectivity index (χ1) is 10.2. The third-order valence-corrected chi connectivity index (χ3v) is 3.32. The van der Waals surface area contributed by atoms with E-state index in [2.05, 4.69) is 6.92 Å². The van der Waals surface area contributed by atoms with Crippen molar-refractivity contribution in [2.45, 2.75) is 20.0 Å². The van der Waals surface area contributed by atoms with Crippen molar-refractivity contribution in [2.24, 2.45) is 0 Å². The van der Waals surface area contributed by atoms with Crippen LogP contribution in [0.4, 0.5) is 5.69 Å². The van der Waals surface area contributed by atoms with E-state index in [4.69, 9.17) is 19.9 Å². The molecule has 0 radical (unpaired) electrons. The van der Waals surface area contributed by atoms with Crippen molar-refractivity contribution in [3.8, 4) is 17.2 Å². The molecular weight excluding hydrogens is 266 g/mol. The van der Waals surface area contributed by atoms with Gasteiger partial charge in [-0.25, -0.2) is 0 Å². The highest BCUT2D eigenvalue weighted by Crippen LogP contribution is 2.30. The minimum absolute atomic E-state index is 0.371. The molecule has 0 bridgehead atoms. The molecule has 4 nitrogen and oxygen atoms in total. The second-order valence-electron chi connectivity index (χ2n) is 4.70. The van der Waals surface area contributed by atoms with Gasteiger partial charge in [-0.2, -0.15) is 0 Å². The molecule has 2 rings (SSSR count). The van der Waals surface area contributed by atoms with Crippen LogP contribution in [-0.4, -0.2) is 14.2 Å². The summed E-state index contributed by atoms with van der Waals surface area (Å²) in [6.45, 7) is 2.48. The van der Waals surface area contributed by atoms with Crippen LogP contribution in [-0.2, 0) is 13.0 Å². The molecule has 0 aliphatic rings. The lowest BCUT2D eigenvalue weighted by Crippen LogP contribution is -2.01. The third kappa shape index (κ3) is 3.60. The van der Waals surface area contributed by atoms with E-state index in [1.54, 1.807) is 20.3 Å². The molecule has 0 aliphatic heterocycles. The molecule has 0 saturated heterocycles. The van der Waals surface area contributed by atoms with Crippen molar-refractivity contribution in [3.05, 3.63) is 47.5 Å². The Morgan fingerprint density at radius 1 is 0.905 bits per heavy atom. The van der Waals surface area contributed by atoms with Crippen LogP contribution in [0.2, 0.25) is 0 Å². The van der Waals surface area contributed by atoms with E-state index >= 15 is 0 Å². The Bertz CT molecular complexity index is 611. The molecule has 2 N–H and O–H groups in total. The maximum absolute atomic E-state index is 5.85. The Hall–Kier alpha value is -2.36. The molecule has 0 spiro atoms. The molecule has 0 amide bonds.